The van der Waals surface area contributed by atoms with Gasteiger partial charge in [-0.1, -0.05) is 24.1 Å². The zero-order valence-electron chi connectivity index (χ0n) is 13.1. The van der Waals surface area contributed by atoms with Crippen LogP contribution in [0.4, 0.5) is 5.69 Å². The largest absolute Gasteiger partial charge is 0.440 e. The predicted octanol–water partition coefficient (Wildman–Crippen LogP) is 5.12. The summed E-state index contributed by atoms with van der Waals surface area (Å²) in [5.41, 5.74) is 0.425. The molecule has 1 aliphatic rings. The Morgan fingerprint density at radius 3 is 2.80 bits per heavy atom. The van der Waals surface area contributed by atoms with Gasteiger partial charge in [0.1, 0.15) is 4.21 Å². The molecule has 8 heteroatoms. The number of halogens is 1. The van der Waals surface area contributed by atoms with Crippen LogP contribution in [0, 0.1) is 0 Å². The van der Waals surface area contributed by atoms with Crippen molar-refractivity contribution in [1.82, 2.24) is 4.98 Å². The average molecular weight is 395 g/mol. The van der Waals surface area contributed by atoms with Crippen molar-refractivity contribution >= 4 is 38.6 Å². The van der Waals surface area contributed by atoms with Crippen LogP contribution in [0.3, 0.4) is 0 Å². The van der Waals surface area contributed by atoms with Crippen molar-refractivity contribution in [1.29, 1.82) is 0 Å². The molecule has 0 spiro atoms. The van der Waals surface area contributed by atoms with E-state index >= 15 is 0 Å². The summed E-state index contributed by atoms with van der Waals surface area (Å²) >= 11 is 7.05. The summed E-state index contributed by atoms with van der Waals surface area (Å²) in [6.07, 6.45) is 5.08. The molecule has 0 amide bonds. The zero-order valence-corrected chi connectivity index (χ0v) is 15.5. The van der Waals surface area contributed by atoms with Crippen molar-refractivity contribution in [2.24, 2.45) is 0 Å². The minimum absolute atomic E-state index is 0.212. The number of benzene rings is 1. The minimum Gasteiger partial charge on any atom is -0.440 e. The molecule has 1 aliphatic carbocycles. The Bertz CT molecular complexity index is 1010. The summed E-state index contributed by atoms with van der Waals surface area (Å²) < 4.78 is 33.6. The van der Waals surface area contributed by atoms with Crippen molar-refractivity contribution in [3.05, 3.63) is 53.5 Å². The third kappa shape index (κ3) is 3.44. The lowest BCUT2D eigenvalue weighted by Gasteiger charge is -2.21. The molecular weight excluding hydrogens is 380 g/mol. The van der Waals surface area contributed by atoms with Gasteiger partial charge in [-0.3, -0.25) is 4.72 Å². The molecule has 0 radical (unpaired) electrons. The van der Waals surface area contributed by atoms with Gasteiger partial charge in [-0.25, -0.2) is 13.4 Å². The van der Waals surface area contributed by atoms with Crippen LogP contribution in [-0.4, -0.2) is 13.4 Å². The third-order valence-electron chi connectivity index (χ3n) is 4.14. The summed E-state index contributed by atoms with van der Waals surface area (Å²) in [4.78, 5) is 5.06. The van der Waals surface area contributed by atoms with Gasteiger partial charge in [0.05, 0.1) is 16.8 Å². The first-order valence-electron chi connectivity index (χ1n) is 7.85. The minimum atomic E-state index is -3.67. The standard InChI is InChI=1S/C17H15ClN2O3S2/c18-12-5-2-6-13(9-12)20-25(21,22)16-8-7-15(24-16)14-10-19-17(23-14)11-3-1-4-11/h2,5-11,20H,1,3-4H2. The molecule has 25 heavy (non-hydrogen) atoms. The molecule has 1 fully saturated rings. The number of sulfonamides is 1. The fraction of sp³-hybridized carbons (Fsp3) is 0.235. The second-order valence-electron chi connectivity index (χ2n) is 5.93. The maximum absolute atomic E-state index is 12.5. The van der Waals surface area contributed by atoms with E-state index in [1.807, 2.05) is 0 Å². The van der Waals surface area contributed by atoms with E-state index in [0.29, 0.717) is 22.4 Å². The molecule has 0 aliphatic heterocycles. The fourth-order valence-electron chi connectivity index (χ4n) is 2.60. The summed E-state index contributed by atoms with van der Waals surface area (Å²) in [6.45, 7) is 0. The Morgan fingerprint density at radius 1 is 1.24 bits per heavy atom. The normalized spacial score (nSPS) is 15.1. The number of nitrogens with one attached hydrogen (secondary N) is 1. The quantitative estimate of drug-likeness (QED) is 0.651. The highest BCUT2D eigenvalue weighted by Crippen LogP contribution is 2.38. The molecular formula is C17H15ClN2O3S2. The highest BCUT2D eigenvalue weighted by molar-refractivity contribution is 7.94. The van der Waals surface area contributed by atoms with E-state index in [4.69, 9.17) is 16.0 Å². The van der Waals surface area contributed by atoms with Crippen molar-refractivity contribution in [3.63, 3.8) is 0 Å². The van der Waals surface area contributed by atoms with Crippen LogP contribution < -0.4 is 4.72 Å². The van der Waals surface area contributed by atoms with Crippen LogP contribution in [0.1, 0.15) is 31.1 Å². The molecule has 2 heterocycles. The number of thiophene rings is 1. The van der Waals surface area contributed by atoms with Crippen LogP contribution >= 0.6 is 22.9 Å². The highest BCUT2D eigenvalue weighted by Gasteiger charge is 2.25. The van der Waals surface area contributed by atoms with E-state index in [1.54, 1.807) is 42.6 Å². The van der Waals surface area contributed by atoms with Crippen molar-refractivity contribution in [2.45, 2.75) is 29.4 Å². The molecule has 1 saturated carbocycles. The Kier molecular flexibility index (Phi) is 4.31. The molecule has 4 rings (SSSR count). The smallest absolute Gasteiger partial charge is 0.271 e. The van der Waals surface area contributed by atoms with Crippen LogP contribution in [0.2, 0.25) is 5.02 Å². The molecule has 3 aromatic rings. The van der Waals surface area contributed by atoms with Crippen LogP contribution in [0.15, 0.2) is 51.2 Å². The van der Waals surface area contributed by atoms with E-state index in [2.05, 4.69) is 9.71 Å². The lowest BCUT2D eigenvalue weighted by molar-refractivity contribution is 0.338. The number of rotatable bonds is 5. The van der Waals surface area contributed by atoms with Crippen LogP contribution in [-0.2, 0) is 10.0 Å². The van der Waals surface area contributed by atoms with Gasteiger partial charge in [-0.2, -0.15) is 0 Å². The highest BCUT2D eigenvalue weighted by atomic mass is 35.5. The monoisotopic (exact) mass is 394 g/mol. The van der Waals surface area contributed by atoms with E-state index in [0.717, 1.165) is 34.9 Å². The Hall–Kier alpha value is -1.83. The average Bonchev–Trinajstić information content (AvgIpc) is 3.13. The third-order valence-corrected chi connectivity index (χ3v) is 7.35. The van der Waals surface area contributed by atoms with E-state index in [-0.39, 0.29) is 4.21 Å². The first-order chi connectivity index (χ1) is 12.0. The molecule has 2 aromatic heterocycles. The molecule has 0 bridgehead atoms. The molecule has 0 unspecified atom stereocenters. The SMILES string of the molecule is O=S(=O)(Nc1cccc(Cl)c1)c1ccc(-c2cnc(C3CCC3)o2)s1. The number of anilines is 1. The van der Waals surface area contributed by atoms with Crippen molar-refractivity contribution in [3.8, 4) is 10.6 Å². The first-order valence-corrected chi connectivity index (χ1v) is 10.5. The van der Waals surface area contributed by atoms with Gasteiger partial charge in [0.2, 0.25) is 0 Å². The first kappa shape index (κ1) is 16.6. The lowest BCUT2D eigenvalue weighted by Crippen LogP contribution is -2.11. The van der Waals surface area contributed by atoms with Gasteiger partial charge in [0.15, 0.2) is 11.7 Å². The van der Waals surface area contributed by atoms with Crippen LogP contribution in [0.25, 0.3) is 10.6 Å². The molecule has 0 saturated heterocycles. The maximum Gasteiger partial charge on any atom is 0.271 e. The summed E-state index contributed by atoms with van der Waals surface area (Å²) in [5, 5.41) is 0.470. The second-order valence-corrected chi connectivity index (χ2v) is 9.35. The van der Waals surface area contributed by atoms with Gasteiger partial charge in [0.25, 0.3) is 10.0 Å². The van der Waals surface area contributed by atoms with Crippen LogP contribution in [0.5, 0.6) is 0 Å². The van der Waals surface area contributed by atoms with Gasteiger partial charge < -0.3 is 4.42 Å². The van der Waals surface area contributed by atoms with Gasteiger partial charge in [-0.05, 0) is 43.2 Å². The van der Waals surface area contributed by atoms with Crippen molar-refractivity contribution < 1.29 is 12.8 Å². The van der Waals surface area contributed by atoms with E-state index in [1.165, 1.54) is 6.42 Å². The number of oxazole rings is 1. The fourth-order valence-corrected chi connectivity index (χ4v) is 5.09. The number of aromatic nitrogens is 1. The van der Waals surface area contributed by atoms with E-state index < -0.39 is 10.0 Å². The molecule has 0 atom stereocenters. The molecule has 130 valence electrons. The Balaban J connectivity index is 1.56. The van der Waals surface area contributed by atoms with Gasteiger partial charge in [0, 0.05) is 10.9 Å². The topological polar surface area (TPSA) is 72.2 Å². The predicted molar refractivity (Wildman–Crippen MR) is 98.7 cm³/mol. The molecule has 1 N–H and O–H groups in total. The molecule has 1 aromatic carbocycles. The summed E-state index contributed by atoms with van der Waals surface area (Å²) in [5.74, 6) is 1.76. The zero-order chi connectivity index (χ0) is 17.4. The number of hydrogen-bond donors (Lipinski definition) is 1. The van der Waals surface area contributed by atoms with Crippen molar-refractivity contribution in [2.75, 3.05) is 4.72 Å². The Labute approximate surface area is 154 Å². The Morgan fingerprint density at radius 2 is 2.08 bits per heavy atom. The van der Waals surface area contributed by atoms with Gasteiger partial charge >= 0.3 is 0 Å². The maximum atomic E-state index is 12.5. The van der Waals surface area contributed by atoms with E-state index in [9.17, 15) is 8.42 Å². The van der Waals surface area contributed by atoms with Gasteiger partial charge in [-0.15, -0.1) is 11.3 Å². The lowest BCUT2D eigenvalue weighted by atomic mass is 9.85. The number of hydrogen-bond acceptors (Lipinski definition) is 5. The molecule has 5 nitrogen and oxygen atoms in total. The summed E-state index contributed by atoms with van der Waals surface area (Å²) in [7, 11) is -3.67. The second kappa shape index (κ2) is 6.48. The summed E-state index contributed by atoms with van der Waals surface area (Å²) in [6, 6.07) is 9.90. The number of nitrogens with zero attached hydrogens (tertiary/aromatic N) is 1.